The summed E-state index contributed by atoms with van der Waals surface area (Å²) in [6.07, 6.45) is -2.21. The molecule has 1 aliphatic rings. The molecule has 4 rings (SSSR count). The number of nitrogens with one attached hydrogen (secondary N) is 1. The maximum atomic E-state index is 13.2. The largest absolute Gasteiger partial charge is 0.416 e. The number of carbonyl (C=O) groups excluding carboxylic acids is 1. The molecular weight excluding hydrogens is 512 g/mol. The van der Waals surface area contributed by atoms with Crippen molar-refractivity contribution in [3.05, 3.63) is 76.8 Å². The van der Waals surface area contributed by atoms with Crippen molar-refractivity contribution >= 4 is 27.5 Å². The Labute approximate surface area is 203 Å². The lowest BCUT2D eigenvalue weighted by atomic mass is 10.2. The van der Waals surface area contributed by atoms with Crippen LogP contribution in [0.4, 0.5) is 17.6 Å². The predicted octanol–water partition coefficient (Wildman–Crippen LogP) is 4.15. The first-order valence-corrected chi connectivity index (χ1v) is 12.3. The van der Waals surface area contributed by atoms with E-state index < -0.39 is 39.5 Å². The van der Waals surface area contributed by atoms with Gasteiger partial charge in [-0.1, -0.05) is 11.6 Å². The number of amides is 1. The van der Waals surface area contributed by atoms with Gasteiger partial charge >= 0.3 is 6.18 Å². The van der Waals surface area contributed by atoms with Gasteiger partial charge in [0.15, 0.2) is 5.15 Å². The van der Waals surface area contributed by atoms with Crippen LogP contribution < -0.4 is 5.32 Å². The van der Waals surface area contributed by atoms with Crippen molar-refractivity contribution in [3.8, 4) is 5.69 Å². The van der Waals surface area contributed by atoms with Crippen LogP contribution in [0.15, 0.2) is 59.6 Å². The molecule has 2 heterocycles. The van der Waals surface area contributed by atoms with E-state index >= 15 is 0 Å². The Morgan fingerprint density at radius 1 is 1.11 bits per heavy atom. The number of benzene rings is 2. The van der Waals surface area contributed by atoms with Crippen LogP contribution in [0.3, 0.4) is 0 Å². The fraction of sp³-hybridized carbons (Fsp3) is 0.273. The van der Waals surface area contributed by atoms with Gasteiger partial charge in [-0.25, -0.2) is 17.5 Å². The average molecular weight is 531 g/mol. The number of nitrogens with zero attached hydrogens (tertiary/aromatic N) is 3. The van der Waals surface area contributed by atoms with E-state index in [-0.39, 0.29) is 23.1 Å². The molecule has 35 heavy (non-hydrogen) atoms. The number of alkyl halides is 3. The SMILES string of the molecule is O=C(NCc1cn(-c2ccc(C(F)(F)F)cc2)nc1Cl)C1CCCN1S(=O)(=O)c1ccc(F)cc1. The molecule has 0 bridgehead atoms. The Balaban J connectivity index is 1.45. The Bertz CT molecular complexity index is 1330. The van der Waals surface area contributed by atoms with E-state index in [9.17, 15) is 30.8 Å². The molecule has 0 saturated carbocycles. The number of halogens is 5. The molecule has 1 N–H and O–H groups in total. The van der Waals surface area contributed by atoms with Crippen LogP contribution in [-0.4, -0.2) is 41.0 Å². The summed E-state index contributed by atoms with van der Waals surface area (Å²) in [5.74, 6) is -1.11. The van der Waals surface area contributed by atoms with E-state index in [0.717, 1.165) is 40.7 Å². The van der Waals surface area contributed by atoms with Gasteiger partial charge in [0.05, 0.1) is 16.1 Å². The number of rotatable bonds is 6. The third-order valence-corrected chi connectivity index (χ3v) is 7.82. The summed E-state index contributed by atoms with van der Waals surface area (Å²) in [5, 5.41) is 6.74. The van der Waals surface area contributed by atoms with Gasteiger partial charge in [0.25, 0.3) is 0 Å². The Morgan fingerprint density at radius 2 is 1.77 bits per heavy atom. The van der Waals surface area contributed by atoms with Gasteiger partial charge in [0, 0.05) is 24.8 Å². The zero-order valence-electron chi connectivity index (χ0n) is 18.0. The van der Waals surface area contributed by atoms with Gasteiger partial charge < -0.3 is 5.32 Å². The highest BCUT2D eigenvalue weighted by molar-refractivity contribution is 7.89. The van der Waals surface area contributed by atoms with Gasteiger partial charge in [-0.3, -0.25) is 4.79 Å². The van der Waals surface area contributed by atoms with E-state index in [2.05, 4.69) is 10.4 Å². The normalized spacial score (nSPS) is 17.0. The van der Waals surface area contributed by atoms with E-state index in [4.69, 9.17) is 11.6 Å². The van der Waals surface area contributed by atoms with Crippen molar-refractivity contribution < 1.29 is 30.8 Å². The Hall–Kier alpha value is -2.96. The van der Waals surface area contributed by atoms with Gasteiger partial charge in [0.2, 0.25) is 15.9 Å². The topological polar surface area (TPSA) is 84.3 Å². The maximum Gasteiger partial charge on any atom is 0.416 e. The summed E-state index contributed by atoms with van der Waals surface area (Å²) in [4.78, 5) is 12.7. The molecule has 0 spiro atoms. The summed E-state index contributed by atoms with van der Waals surface area (Å²) < 4.78 is 79.8. The van der Waals surface area contributed by atoms with E-state index in [1.165, 1.54) is 23.0 Å². The van der Waals surface area contributed by atoms with E-state index in [1.807, 2.05) is 0 Å². The van der Waals surface area contributed by atoms with Crippen LogP contribution in [0.25, 0.3) is 5.69 Å². The number of carbonyl (C=O) groups is 1. The fourth-order valence-electron chi connectivity index (χ4n) is 3.77. The zero-order chi connectivity index (χ0) is 25.4. The summed E-state index contributed by atoms with van der Waals surface area (Å²) >= 11 is 6.14. The fourth-order valence-corrected chi connectivity index (χ4v) is 5.63. The molecule has 7 nitrogen and oxygen atoms in total. The molecule has 2 aromatic carbocycles. The molecule has 1 atom stereocenters. The molecule has 1 saturated heterocycles. The van der Waals surface area contributed by atoms with Crippen LogP contribution in [0.2, 0.25) is 5.15 Å². The van der Waals surface area contributed by atoms with Gasteiger partial charge in [-0.15, -0.1) is 0 Å². The summed E-state index contributed by atoms with van der Waals surface area (Å²) in [7, 11) is -4.00. The predicted molar refractivity (Wildman–Crippen MR) is 119 cm³/mol. The van der Waals surface area contributed by atoms with Crippen molar-refractivity contribution in [3.63, 3.8) is 0 Å². The molecule has 1 aliphatic heterocycles. The minimum atomic E-state index is -4.46. The highest BCUT2D eigenvalue weighted by Gasteiger charge is 2.39. The first-order chi connectivity index (χ1) is 16.5. The monoisotopic (exact) mass is 530 g/mol. The number of hydrogen-bond donors (Lipinski definition) is 1. The van der Waals surface area contributed by atoms with Gasteiger partial charge in [-0.05, 0) is 61.4 Å². The zero-order valence-corrected chi connectivity index (χ0v) is 19.5. The van der Waals surface area contributed by atoms with Crippen molar-refractivity contribution in [1.82, 2.24) is 19.4 Å². The second-order valence-corrected chi connectivity index (χ2v) is 10.1. The average Bonchev–Trinajstić information content (AvgIpc) is 3.45. The second kappa shape index (κ2) is 9.59. The molecule has 0 aliphatic carbocycles. The lowest BCUT2D eigenvalue weighted by molar-refractivity contribution is -0.137. The molecule has 1 amide bonds. The first kappa shape index (κ1) is 25.1. The summed E-state index contributed by atoms with van der Waals surface area (Å²) in [6.45, 7) is 0.0731. The number of hydrogen-bond acceptors (Lipinski definition) is 4. The van der Waals surface area contributed by atoms with Crippen molar-refractivity contribution in [2.24, 2.45) is 0 Å². The quantitative estimate of drug-likeness (QED) is 0.485. The third-order valence-electron chi connectivity index (χ3n) is 5.58. The molecular formula is C22H19ClF4N4O3S. The number of aromatic nitrogens is 2. The van der Waals surface area contributed by atoms with Crippen LogP contribution >= 0.6 is 11.6 Å². The van der Waals surface area contributed by atoms with Crippen LogP contribution in [0, 0.1) is 5.82 Å². The highest BCUT2D eigenvalue weighted by atomic mass is 35.5. The molecule has 1 aromatic heterocycles. The van der Waals surface area contributed by atoms with Gasteiger partial charge in [0.1, 0.15) is 11.9 Å². The van der Waals surface area contributed by atoms with Crippen LogP contribution in [0.5, 0.6) is 0 Å². The van der Waals surface area contributed by atoms with E-state index in [1.54, 1.807) is 0 Å². The summed E-state index contributed by atoms with van der Waals surface area (Å²) in [6, 6.07) is 7.74. The lowest BCUT2D eigenvalue weighted by Gasteiger charge is -2.23. The van der Waals surface area contributed by atoms with Crippen molar-refractivity contribution in [2.75, 3.05) is 6.54 Å². The first-order valence-electron chi connectivity index (χ1n) is 10.4. The molecule has 13 heteroatoms. The smallest absolute Gasteiger partial charge is 0.350 e. The molecule has 0 radical (unpaired) electrons. The minimum Gasteiger partial charge on any atom is -0.350 e. The maximum absolute atomic E-state index is 13.2. The van der Waals surface area contributed by atoms with Crippen LogP contribution in [-0.2, 0) is 27.5 Å². The number of sulfonamides is 1. The van der Waals surface area contributed by atoms with Crippen LogP contribution in [0.1, 0.15) is 24.0 Å². The molecule has 186 valence electrons. The van der Waals surface area contributed by atoms with Gasteiger partial charge in [-0.2, -0.15) is 22.6 Å². The molecule has 3 aromatic rings. The standard InChI is InChI=1S/C22H19ClF4N4O3S/c23-20-14(13-30(29-20)17-7-3-15(4-8-17)22(25,26)27)12-28-21(32)19-2-1-11-31(19)35(33,34)18-9-5-16(24)6-10-18/h3-10,13,19H,1-2,11-12H2,(H,28,32). The highest BCUT2D eigenvalue weighted by Crippen LogP contribution is 2.30. The third kappa shape index (κ3) is 5.34. The van der Waals surface area contributed by atoms with Crippen molar-refractivity contribution in [1.29, 1.82) is 0 Å². The van der Waals surface area contributed by atoms with Crippen molar-refractivity contribution in [2.45, 2.75) is 36.5 Å². The molecule has 1 fully saturated rings. The molecule has 1 unspecified atom stereocenters. The lowest BCUT2D eigenvalue weighted by Crippen LogP contribution is -2.45. The second-order valence-electron chi connectivity index (χ2n) is 7.88. The Morgan fingerprint density at radius 3 is 2.40 bits per heavy atom. The minimum absolute atomic E-state index is 0.0346. The Kier molecular flexibility index (Phi) is 6.89. The summed E-state index contributed by atoms with van der Waals surface area (Å²) in [5.41, 5.74) is -0.0700. The van der Waals surface area contributed by atoms with E-state index in [0.29, 0.717) is 24.1 Å².